The van der Waals surface area contributed by atoms with Gasteiger partial charge in [0.25, 0.3) is 11.1 Å². The quantitative estimate of drug-likeness (QED) is 0.718. The van der Waals surface area contributed by atoms with E-state index >= 15 is 0 Å². The van der Waals surface area contributed by atoms with Crippen molar-refractivity contribution in [2.75, 3.05) is 25.0 Å². The summed E-state index contributed by atoms with van der Waals surface area (Å²) in [7, 11) is 0. The van der Waals surface area contributed by atoms with Gasteiger partial charge in [-0.1, -0.05) is 0 Å². The molecule has 1 atom stereocenters. The minimum atomic E-state index is -0.378. The maximum absolute atomic E-state index is 11.5. The van der Waals surface area contributed by atoms with E-state index in [1.165, 1.54) is 12.8 Å². The highest BCUT2D eigenvalue weighted by atomic mass is 32.2. The Hall–Kier alpha value is -1.93. The van der Waals surface area contributed by atoms with Crippen LogP contribution in [0.4, 0.5) is 10.7 Å². The third-order valence-electron chi connectivity index (χ3n) is 3.55. The predicted octanol–water partition coefficient (Wildman–Crippen LogP) is 1.21. The molecule has 2 saturated heterocycles. The normalized spacial score (nSPS) is 23.6. The van der Waals surface area contributed by atoms with Crippen molar-refractivity contribution in [3.05, 3.63) is 22.9 Å². The largest absolute Gasteiger partial charge is 0.354 e. The molecular formula is C14H17N5O2S. The molecule has 0 saturated carbocycles. The third kappa shape index (κ3) is 3.83. The second kappa shape index (κ2) is 6.89. The molecule has 0 aromatic carbocycles. The van der Waals surface area contributed by atoms with Crippen molar-refractivity contribution < 1.29 is 9.59 Å². The van der Waals surface area contributed by atoms with Crippen molar-refractivity contribution in [2.45, 2.75) is 12.8 Å². The van der Waals surface area contributed by atoms with Gasteiger partial charge in [-0.05, 0) is 55.8 Å². The average Bonchev–Trinajstić information content (AvgIpc) is 2.84. The summed E-state index contributed by atoms with van der Waals surface area (Å²) in [5.74, 6) is 0.735. The van der Waals surface area contributed by atoms with Gasteiger partial charge in [-0.2, -0.15) is 0 Å². The number of nitrogens with one attached hydrogen (secondary N) is 3. The first kappa shape index (κ1) is 15.0. The van der Waals surface area contributed by atoms with Crippen molar-refractivity contribution in [2.24, 2.45) is 5.92 Å². The lowest BCUT2D eigenvalue weighted by molar-refractivity contribution is -0.115. The fraction of sp³-hybridized carbons (Fsp3) is 0.429. The van der Waals surface area contributed by atoms with Crippen LogP contribution in [0.15, 0.2) is 17.2 Å². The fourth-order valence-electron chi connectivity index (χ4n) is 2.43. The number of aromatic nitrogens is 2. The van der Waals surface area contributed by atoms with Crippen LogP contribution in [0.5, 0.6) is 0 Å². The van der Waals surface area contributed by atoms with Crippen LogP contribution in [-0.4, -0.2) is 40.7 Å². The SMILES string of the molecule is O=C1NC(=O)/C(=C/c2ccnc(NC[C@H]3CCCNC3)n2)S1. The number of hydrogen-bond donors (Lipinski definition) is 3. The Morgan fingerprint density at radius 3 is 3.09 bits per heavy atom. The van der Waals surface area contributed by atoms with E-state index in [0.29, 0.717) is 22.5 Å². The van der Waals surface area contributed by atoms with Gasteiger partial charge in [0.15, 0.2) is 0 Å². The molecule has 116 valence electrons. The lowest BCUT2D eigenvalue weighted by atomic mass is 10.00. The standard InChI is InChI=1S/C14H17N5O2S/c20-12-11(22-14(21)19-12)6-10-3-5-16-13(18-10)17-8-9-2-1-4-15-7-9/h3,5-6,9,15H,1-2,4,7-8H2,(H,16,17,18)(H,19,20,21)/b11-6-/t9-/m0/s1. The second-order valence-corrected chi connectivity index (χ2v) is 6.27. The molecule has 2 amide bonds. The fourth-order valence-corrected chi connectivity index (χ4v) is 3.09. The summed E-state index contributed by atoms with van der Waals surface area (Å²) in [5.41, 5.74) is 0.603. The van der Waals surface area contributed by atoms with E-state index in [0.717, 1.165) is 31.4 Å². The highest BCUT2D eigenvalue weighted by molar-refractivity contribution is 8.18. The summed E-state index contributed by atoms with van der Waals surface area (Å²) < 4.78 is 0. The molecule has 2 fully saturated rings. The van der Waals surface area contributed by atoms with Crippen LogP contribution in [0, 0.1) is 5.92 Å². The maximum Gasteiger partial charge on any atom is 0.290 e. The molecule has 2 aliphatic rings. The van der Waals surface area contributed by atoms with Crippen LogP contribution in [0.2, 0.25) is 0 Å². The lowest BCUT2D eigenvalue weighted by Gasteiger charge is -2.22. The number of rotatable bonds is 4. The first-order valence-electron chi connectivity index (χ1n) is 7.23. The Bertz CT molecular complexity index is 613. The highest BCUT2D eigenvalue weighted by Gasteiger charge is 2.25. The van der Waals surface area contributed by atoms with E-state index in [4.69, 9.17) is 0 Å². The number of nitrogens with zero attached hydrogens (tertiary/aromatic N) is 2. The average molecular weight is 319 g/mol. The van der Waals surface area contributed by atoms with E-state index in [1.54, 1.807) is 18.3 Å². The Morgan fingerprint density at radius 2 is 2.36 bits per heavy atom. The molecule has 3 N–H and O–H groups in total. The van der Waals surface area contributed by atoms with Gasteiger partial charge in [0.1, 0.15) is 0 Å². The van der Waals surface area contributed by atoms with Crippen LogP contribution >= 0.6 is 11.8 Å². The zero-order chi connectivity index (χ0) is 15.4. The molecule has 7 nitrogen and oxygen atoms in total. The molecular weight excluding hydrogens is 302 g/mol. The summed E-state index contributed by atoms with van der Waals surface area (Å²) >= 11 is 0.883. The molecule has 0 radical (unpaired) electrons. The van der Waals surface area contributed by atoms with Crippen molar-refractivity contribution in [3.8, 4) is 0 Å². The molecule has 0 bridgehead atoms. The Labute approximate surface area is 132 Å². The number of hydrogen-bond acceptors (Lipinski definition) is 7. The van der Waals surface area contributed by atoms with Gasteiger partial charge in [0.2, 0.25) is 5.95 Å². The van der Waals surface area contributed by atoms with E-state index in [-0.39, 0.29) is 11.1 Å². The van der Waals surface area contributed by atoms with Crippen LogP contribution in [0.1, 0.15) is 18.5 Å². The van der Waals surface area contributed by atoms with E-state index in [2.05, 4.69) is 25.9 Å². The number of carbonyl (C=O) groups excluding carboxylic acids is 2. The van der Waals surface area contributed by atoms with Gasteiger partial charge in [-0.25, -0.2) is 9.97 Å². The van der Waals surface area contributed by atoms with Crippen molar-refractivity contribution >= 4 is 34.9 Å². The van der Waals surface area contributed by atoms with Gasteiger partial charge in [-0.3, -0.25) is 14.9 Å². The molecule has 3 heterocycles. The lowest BCUT2D eigenvalue weighted by Crippen LogP contribution is -2.33. The smallest absolute Gasteiger partial charge is 0.290 e. The predicted molar refractivity (Wildman–Crippen MR) is 85.2 cm³/mol. The van der Waals surface area contributed by atoms with Gasteiger partial charge in [0.05, 0.1) is 10.6 Å². The number of piperidine rings is 1. The number of carbonyl (C=O) groups is 2. The minimum Gasteiger partial charge on any atom is -0.354 e. The summed E-state index contributed by atoms with van der Waals surface area (Å²) in [6.45, 7) is 2.92. The monoisotopic (exact) mass is 319 g/mol. The molecule has 1 aromatic rings. The van der Waals surface area contributed by atoms with E-state index < -0.39 is 0 Å². The van der Waals surface area contributed by atoms with Crippen LogP contribution < -0.4 is 16.0 Å². The summed E-state index contributed by atoms with van der Waals surface area (Å²) in [5, 5.41) is 8.47. The number of imide groups is 1. The van der Waals surface area contributed by atoms with Gasteiger partial charge >= 0.3 is 0 Å². The highest BCUT2D eigenvalue weighted by Crippen LogP contribution is 2.25. The zero-order valence-electron chi connectivity index (χ0n) is 12.0. The van der Waals surface area contributed by atoms with Crippen LogP contribution in [-0.2, 0) is 4.79 Å². The maximum atomic E-state index is 11.5. The molecule has 3 rings (SSSR count). The first-order chi connectivity index (χ1) is 10.7. The second-order valence-electron chi connectivity index (χ2n) is 5.25. The molecule has 8 heteroatoms. The summed E-state index contributed by atoms with van der Waals surface area (Å²) in [6.07, 6.45) is 5.63. The third-order valence-corrected chi connectivity index (χ3v) is 4.36. The first-order valence-corrected chi connectivity index (χ1v) is 8.05. The number of amides is 2. The van der Waals surface area contributed by atoms with E-state index in [9.17, 15) is 9.59 Å². The van der Waals surface area contributed by atoms with Gasteiger partial charge in [-0.15, -0.1) is 0 Å². The Balaban J connectivity index is 1.63. The van der Waals surface area contributed by atoms with Gasteiger partial charge in [0, 0.05) is 12.7 Å². The number of thioether (sulfide) groups is 1. The zero-order valence-corrected chi connectivity index (χ0v) is 12.8. The van der Waals surface area contributed by atoms with Crippen LogP contribution in [0.25, 0.3) is 6.08 Å². The van der Waals surface area contributed by atoms with Crippen molar-refractivity contribution in [1.82, 2.24) is 20.6 Å². The molecule has 22 heavy (non-hydrogen) atoms. The van der Waals surface area contributed by atoms with Gasteiger partial charge < -0.3 is 10.6 Å². The molecule has 0 spiro atoms. The summed E-state index contributed by atoms with van der Waals surface area (Å²) in [4.78, 5) is 31.6. The molecule has 0 aliphatic carbocycles. The van der Waals surface area contributed by atoms with Crippen molar-refractivity contribution in [3.63, 3.8) is 0 Å². The Morgan fingerprint density at radius 1 is 1.45 bits per heavy atom. The minimum absolute atomic E-state index is 0.353. The summed E-state index contributed by atoms with van der Waals surface area (Å²) in [6, 6.07) is 1.71. The molecule has 0 unspecified atom stereocenters. The number of anilines is 1. The molecule has 2 aliphatic heterocycles. The van der Waals surface area contributed by atoms with E-state index in [1.807, 2.05) is 0 Å². The topological polar surface area (TPSA) is 96.0 Å². The Kier molecular flexibility index (Phi) is 4.69. The molecule has 1 aromatic heterocycles. The van der Waals surface area contributed by atoms with Crippen LogP contribution in [0.3, 0.4) is 0 Å². The van der Waals surface area contributed by atoms with Crippen molar-refractivity contribution in [1.29, 1.82) is 0 Å².